The van der Waals surface area contributed by atoms with Crippen molar-refractivity contribution in [2.75, 3.05) is 0 Å². The van der Waals surface area contributed by atoms with E-state index in [0.29, 0.717) is 10.8 Å². The van der Waals surface area contributed by atoms with Crippen LogP contribution in [0.3, 0.4) is 0 Å². The number of thiophene rings is 1. The van der Waals surface area contributed by atoms with Crippen molar-refractivity contribution < 1.29 is 4.79 Å². The van der Waals surface area contributed by atoms with Gasteiger partial charge in [-0.15, -0.1) is 11.3 Å². The number of nitrogens with one attached hydrogen (secondary N) is 2. The second kappa shape index (κ2) is 3.51. The Kier molecular flexibility index (Phi) is 2.35. The van der Waals surface area contributed by atoms with E-state index in [4.69, 9.17) is 12.2 Å². The zero-order valence-corrected chi connectivity index (χ0v) is 9.09. The Hall–Kier alpha value is -1.20. The lowest BCUT2D eigenvalue weighted by atomic mass is 10.2. The maximum absolute atomic E-state index is 11.3. The summed E-state index contributed by atoms with van der Waals surface area (Å²) in [5.74, 6) is -0.164. The Labute approximate surface area is 90.8 Å². The number of aryl methyl sites for hydroxylation is 1. The van der Waals surface area contributed by atoms with Crippen LogP contribution in [0.2, 0.25) is 0 Å². The Morgan fingerprint density at radius 1 is 1.50 bits per heavy atom. The van der Waals surface area contributed by atoms with Crippen LogP contribution in [-0.4, -0.2) is 11.0 Å². The number of carbonyl (C=O) groups excluding carboxylic acids is 1. The highest BCUT2D eigenvalue weighted by atomic mass is 32.1. The van der Waals surface area contributed by atoms with Gasteiger partial charge in [0.1, 0.15) is 5.70 Å². The van der Waals surface area contributed by atoms with Gasteiger partial charge in [-0.05, 0) is 42.2 Å². The van der Waals surface area contributed by atoms with Gasteiger partial charge in [-0.3, -0.25) is 10.1 Å². The van der Waals surface area contributed by atoms with Gasteiger partial charge < -0.3 is 5.32 Å². The van der Waals surface area contributed by atoms with E-state index in [1.165, 1.54) is 0 Å². The van der Waals surface area contributed by atoms with Gasteiger partial charge in [0, 0.05) is 4.88 Å². The van der Waals surface area contributed by atoms with Gasteiger partial charge >= 0.3 is 0 Å². The molecule has 2 heterocycles. The van der Waals surface area contributed by atoms with E-state index in [1.54, 1.807) is 11.3 Å². The lowest BCUT2D eigenvalue weighted by Crippen LogP contribution is -2.21. The van der Waals surface area contributed by atoms with E-state index in [-0.39, 0.29) is 5.91 Å². The molecular formula is C9H8N2OS2. The summed E-state index contributed by atoms with van der Waals surface area (Å²) in [5, 5.41) is 7.69. The molecule has 0 bridgehead atoms. The van der Waals surface area contributed by atoms with Gasteiger partial charge in [0.25, 0.3) is 5.91 Å². The molecule has 1 aliphatic rings. The maximum Gasteiger partial charge on any atom is 0.273 e. The molecule has 0 atom stereocenters. The van der Waals surface area contributed by atoms with Crippen molar-refractivity contribution >= 4 is 40.7 Å². The summed E-state index contributed by atoms with van der Waals surface area (Å²) in [6, 6.07) is 2.02. The van der Waals surface area contributed by atoms with Gasteiger partial charge in [0.15, 0.2) is 5.11 Å². The normalized spacial score (nSPS) is 18.5. The first-order chi connectivity index (χ1) is 6.66. The summed E-state index contributed by atoms with van der Waals surface area (Å²) >= 11 is 6.42. The fourth-order valence-corrected chi connectivity index (χ4v) is 2.21. The summed E-state index contributed by atoms with van der Waals surface area (Å²) in [7, 11) is 0. The van der Waals surface area contributed by atoms with Crippen molar-refractivity contribution in [3.05, 3.63) is 27.6 Å². The highest BCUT2D eigenvalue weighted by molar-refractivity contribution is 7.80. The first kappa shape index (κ1) is 9.36. The molecule has 1 saturated heterocycles. The Bertz CT molecular complexity index is 434. The first-order valence-corrected chi connectivity index (χ1v) is 5.34. The predicted molar refractivity (Wildman–Crippen MR) is 60.9 cm³/mol. The van der Waals surface area contributed by atoms with Crippen LogP contribution >= 0.6 is 23.6 Å². The molecule has 0 spiro atoms. The van der Waals surface area contributed by atoms with Crippen molar-refractivity contribution in [1.29, 1.82) is 0 Å². The SMILES string of the molecule is Cc1ccsc1C=C1NC(=S)NC1=O. The highest BCUT2D eigenvalue weighted by Crippen LogP contribution is 2.19. The van der Waals surface area contributed by atoms with Gasteiger partial charge in [0.05, 0.1) is 0 Å². The molecule has 1 amide bonds. The molecule has 2 N–H and O–H groups in total. The zero-order chi connectivity index (χ0) is 10.1. The second-order valence-corrected chi connectivity index (χ2v) is 4.29. The van der Waals surface area contributed by atoms with Crippen LogP contribution in [0.15, 0.2) is 17.1 Å². The summed E-state index contributed by atoms with van der Waals surface area (Å²) in [6.07, 6.45) is 1.81. The molecule has 1 aliphatic heterocycles. The van der Waals surface area contributed by atoms with E-state index < -0.39 is 0 Å². The van der Waals surface area contributed by atoms with Crippen molar-refractivity contribution in [1.82, 2.24) is 10.6 Å². The van der Waals surface area contributed by atoms with E-state index in [2.05, 4.69) is 10.6 Å². The van der Waals surface area contributed by atoms with Crippen LogP contribution in [0.5, 0.6) is 0 Å². The molecule has 72 valence electrons. The maximum atomic E-state index is 11.3. The van der Waals surface area contributed by atoms with Crippen molar-refractivity contribution in [3.63, 3.8) is 0 Å². The fraction of sp³-hybridized carbons (Fsp3) is 0.111. The highest BCUT2D eigenvalue weighted by Gasteiger charge is 2.20. The zero-order valence-electron chi connectivity index (χ0n) is 7.46. The largest absolute Gasteiger partial charge is 0.328 e. The Balaban J connectivity index is 2.32. The number of hydrogen-bond donors (Lipinski definition) is 2. The third-order valence-corrected chi connectivity index (χ3v) is 3.07. The molecular weight excluding hydrogens is 216 g/mol. The number of thiocarbonyl (C=S) groups is 1. The summed E-state index contributed by atoms with van der Waals surface area (Å²) in [6.45, 7) is 2.01. The summed E-state index contributed by atoms with van der Waals surface area (Å²) in [4.78, 5) is 12.4. The third kappa shape index (κ3) is 1.69. The van der Waals surface area contributed by atoms with Gasteiger partial charge in [-0.2, -0.15) is 0 Å². The Morgan fingerprint density at radius 3 is 2.79 bits per heavy atom. The molecule has 1 aromatic rings. The molecule has 14 heavy (non-hydrogen) atoms. The van der Waals surface area contributed by atoms with E-state index in [9.17, 15) is 4.79 Å². The van der Waals surface area contributed by atoms with Crippen molar-refractivity contribution in [2.45, 2.75) is 6.92 Å². The van der Waals surface area contributed by atoms with Crippen LogP contribution in [0, 0.1) is 6.92 Å². The topological polar surface area (TPSA) is 41.1 Å². The minimum atomic E-state index is -0.164. The number of carbonyl (C=O) groups is 1. The first-order valence-electron chi connectivity index (χ1n) is 4.05. The standard InChI is InChI=1S/C9H8N2OS2/c1-5-2-3-14-7(5)4-6-8(12)11-9(13)10-6/h2-4H,1H3,(H2,10,11,12,13). The number of amides is 1. The smallest absolute Gasteiger partial charge is 0.273 e. The van der Waals surface area contributed by atoms with E-state index in [1.807, 2.05) is 24.4 Å². The number of rotatable bonds is 1. The summed E-state index contributed by atoms with van der Waals surface area (Å²) in [5.41, 5.74) is 1.68. The summed E-state index contributed by atoms with van der Waals surface area (Å²) < 4.78 is 0. The van der Waals surface area contributed by atoms with Crippen molar-refractivity contribution in [3.8, 4) is 0 Å². The lowest BCUT2D eigenvalue weighted by Gasteiger charge is -1.94. The number of hydrogen-bond acceptors (Lipinski definition) is 3. The van der Waals surface area contributed by atoms with Gasteiger partial charge in [-0.1, -0.05) is 0 Å². The van der Waals surface area contributed by atoms with E-state index >= 15 is 0 Å². The van der Waals surface area contributed by atoms with Crippen LogP contribution in [0.4, 0.5) is 0 Å². The molecule has 0 aliphatic carbocycles. The van der Waals surface area contributed by atoms with E-state index in [0.717, 1.165) is 10.4 Å². The fourth-order valence-electron chi connectivity index (χ4n) is 1.15. The molecule has 0 saturated carbocycles. The van der Waals surface area contributed by atoms with Crippen LogP contribution in [-0.2, 0) is 4.79 Å². The molecule has 2 rings (SSSR count). The quantitative estimate of drug-likeness (QED) is 0.559. The molecule has 1 fully saturated rings. The molecule has 0 radical (unpaired) electrons. The van der Waals surface area contributed by atoms with Crippen LogP contribution in [0.1, 0.15) is 10.4 Å². The van der Waals surface area contributed by atoms with Crippen molar-refractivity contribution in [2.24, 2.45) is 0 Å². The second-order valence-electron chi connectivity index (χ2n) is 2.93. The predicted octanol–water partition coefficient (Wildman–Crippen LogP) is 1.40. The molecule has 1 aromatic heterocycles. The van der Waals surface area contributed by atoms with Gasteiger partial charge in [0.2, 0.25) is 0 Å². The third-order valence-electron chi connectivity index (χ3n) is 1.90. The monoisotopic (exact) mass is 224 g/mol. The lowest BCUT2D eigenvalue weighted by molar-refractivity contribution is -0.115. The Morgan fingerprint density at radius 2 is 2.29 bits per heavy atom. The average molecular weight is 224 g/mol. The molecule has 3 nitrogen and oxygen atoms in total. The van der Waals surface area contributed by atoms with Crippen LogP contribution < -0.4 is 10.6 Å². The molecule has 5 heteroatoms. The minimum absolute atomic E-state index is 0.164. The molecule has 0 aromatic carbocycles. The van der Waals surface area contributed by atoms with Gasteiger partial charge in [-0.25, -0.2) is 0 Å². The minimum Gasteiger partial charge on any atom is -0.328 e. The van der Waals surface area contributed by atoms with Crippen LogP contribution in [0.25, 0.3) is 6.08 Å². The average Bonchev–Trinajstić information content (AvgIpc) is 2.62. The molecule has 0 unspecified atom stereocenters.